The number of likely N-dealkylation sites (N-methyl/N-ethyl adjacent to an activating group) is 1. The van der Waals surface area contributed by atoms with E-state index in [0.717, 1.165) is 0 Å². The molecule has 0 saturated carbocycles. The molecule has 0 heterocycles. The summed E-state index contributed by atoms with van der Waals surface area (Å²) in [4.78, 5) is 3.99. The van der Waals surface area contributed by atoms with Gasteiger partial charge >= 0.3 is 0 Å². The molecule has 0 aromatic heterocycles. The second kappa shape index (κ2) is 8.26. The zero-order valence-electron chi connectivity index (χ0n) is 10.3. The van der Waals surface area contributed by atoms with Crippen LogP contribution < -0.4 is 0 Å². The Balaban J connectivity index is 3.96. The molecule has 0 amide bonds. The molecule has 0 spiro atoms. The molecule has 0 N–H and O–H groups in total. The van der Waals surface area contributed by atoms with Gasteiger partial charge in [-0.25, -0.2) is 0 Å². The van der Waals surface area contributed by atoms with Crippen LogP contribution in [0.2, 0.25) is 0 Å². The van der Waals surface area contributed by atoms with Crippen LogP contribution in [-0.2, 0) is 4.74 Å². The first-order valence-electron chi connectivity index (χ1n) is 4.95. The molecule has 0 aliphatic carbocycles. The first kappa shape index (κ1) is 13.9. The number of nitrogens with zero attached hydrogens (tertiary/aromatic N) is 2. The Bertz CT molecular complexity index is 230. The average Bonchev–Trinajstić information content (AvgIpc) is 2.15. The summed E-state index contributed by atoms with van der Waals surface area (Å²) in [5, 5.41) is 0. The van der Waals surface area contributed by atoms with Crippen molar-refractivity contribution in [1.29, 1.82) is 0 Å². The van der Waals surface area contributed by atoms with Crippen molar-refractivity contribution in [3.63, 3.8) is 0 Å². The molecule has 1 atom stereocenters. The molecular weight excluding hydrogens is 188 g/mol. The predicted molar refractivity (Wildman–Crippen MR) is 65.6 cm³/mol. The Hall–Kier alpha value is -1.06. The quantitative estimate of drug-likeness (QED) is 0.490. The highest BCUT2D eigenvalue weighted by Gasteiger charge is 2.02. The molecule has 0 aliphatic rings. The average molecular weight is 210 g/mol. The van der Waals surface area contributed by atoms with E-state index in [0.29, 0.717) is 0 Å². The molecule has 86 valence electrons. The van der Waals surface area contributed by atoms with Crippen molar-refractivity contribution in [3.05, 3.63) is 36.6 Å². The van der Waals surface area contributed by atoms with Crippen LogP contribution in [0.3, 0.4) is 0 Å². The van der Waals surface area contributed by atoms with Gasteiger partial charge in [-0.1, -0.05) is 18.2 Å². The van der Waals surface area contributed by atoms with Crippen LogP contribution in [0.15, 0.2) is 36.6 Å². The van der Waals surface area contributed by atoms with Gasteiger partial charge in [0.15, 0.2) is 0 Å². The van der Waals surface area contributed by atoms with Gasteiger partial charge in [-0.2, -0.15) is 0 Å². The fraction of sp³-hybridized carbons (Fsp3) is 0.500. The molecule has 3 heteroatoms. The maximum absolute atomic E-state index is 5.24. The molecule has 15 heavy (non-hydrogen) atoms. The lowest BCUT2D eigenvalue weighted by atomic mass is 10.4. The lowest BCUT2D eigenvalue weighted by Crippen LogP contribution is -2.27. The number of methoxy groups -OCH3 is 1. The molecule has 1 unspecified atom stereocenters. The van der Waals surface area contributed by atoms with E-state index in [-0.39, 0.29) is 6.23 Å². The summed E-state index contributed by atoms with van der Waals surface area (Å²) in [6, 6.07) is 0. The summed E-state index contributed by atoms with van der Waals surface area (Å²) in [6.45, 7) is 0. The topological polar surface area (TPSA) is 15.7 Å². The van der Waals surface area contributed by atoms with Crippen LogP contribution >= 0.6 is 0 Å². The van der Waals surface area contributed by atoms with E-state index >= 15 is 0 Å². The fourth-order valence-corrected chi connectivity index (χ4v) is 0.971. The molecule has 0 rings (SSSR count). The van der Waals surface area contributed by atoms with Gasteiger partial charge in [-0.3, -0.25) is 4.90 Å². The van der Waals surface area contributed by atoms with Gasteiger partial charge in [0, 0.05) is 21.2 Å². The summed E-state index contributed by atoms with van der Waals surface area (Å²) in [5.41, 5.74) is 0. The monoisotopic (exact) mass is 210 g/mol. The SMILES string of the molecule is COC(C=CC=CC=CN(C)C)N(C)C. The summed E-state index contributed by atoms with van der Waals surface area (Å²) in [6.07, 6.45) is 12.0. The molecule has 0 aliphatic heterocycles. The maximum Gasteiger partial charge on any atom is 0.129 e. The standard InChI is InChI=1S/C12H22N2O/c1-13(2)11-9-7-6-8-10-12(15-5)14(3)4/h6-12H,1-5H3. The number of rotatable bonds is 6. The van der Waals surface area contributed by atoms with Crippen LogP contribution in [0.5, 0.6) is 0 Å². The fourth-order valence-electron chi connectivity index (χ4n) is 0.971. The van der Waals surface area contributed by atoms with E-state index < -0.39 is 0 Å². The number of hydrogen-bond acceptors (Lipinski definition) is 3. The second-order valence-corrected chi connectivity index (χ2v) is 3.66. The van der Waals surface area contributed by atoms with Gasteiger partial charge < -0.3 is 9.64 Å². The van der Waals surface area contributed by atoms with Gasteiger partial charge in [0.25, 0.3) is 0 Å². The third-order valence-corrected chi connectivity index (χ3v) is 1.74. The zero-order valence-corrected chi connectivity index (χ0v) is 10.3. The molecule has 0 aromatic rings. The predicted octanol–water partition coefficient (Wildman–Crippen LogP) is 1.71. The first-order chi connectivity index (χ1) is 7.07. The van der Waals surface area contributed by atoms with Crippen molar-refractivity contribution in [2.75, 3.05) is 35.3 Å². The van der Waals surface area contributed by atoms with Crippen LogP contribution in [-0.4, -0.2) is 51.3 Å². The number of ether oxygens (including phenoxy) is 1. The van der Waals surface area contributed by atoms with Crippen molar-refractivity contribution >= 4 is 0 Å². The Labute approximate surface area is 93.3 Å². The van der Waals surface area contributed by atoms with Gasteiger partial charge in [0.2, 0.25) is 0 Å². The van der Waals surface area contributed by atoms with Crippen molar-refractivity contribution in [3.8, 4) is 0 Å². The minimum Gasteiger partial charge on any atom is -0.383 e. The van der Waals surface area contributed by atoms with Crippen LogP contribution in [0.25, 0.3) is 0 Å². The van der Waals surface area contributed by atoms with E-state index in [1.54, 1.807) is 7.11 Å². The third-order valence-electron chi connectivity index (χ3n) is 1.74. The first-order valence-corrected chi connectivity index (χ1v) is 4.95. The lowest BCUT2D eigenvalue weighted by Gasteiger charge is -2.18. The van der Waals surface area contributed by atoms with Crippen LogP contribution in [0.1, 0.15) is 0 Å². The van der Waals surface area contributed by atoms with E-state index in [1.165, 1.54) is 0 Å². The van der Waals surface area contributed by atoms with Gasteiger partial charge in [0.1, 0.15) is 6.23 Å². The normalized spacial score (nSPS) is 14.8. The van der Waals surface area contributed by atoms with Crippen molar-refractivity contribution in [1.82, 2.24) is 9.80 Å². The highest BCUT2D eigenvalue weighted by molar-refractivity contribution is 5.11. The van der Waals surface area contributed by atoms with Crippen molar-refractivity contribution < 1.29 is 4.74 Å². The Kier molecular flexibility index (Phi) is 7.68. The molecule has 0 radical (unpaired) electrons. The van der Waals surface area contributed by atoms with Gasteiger partial charge in [-0.05, 0) is 32.4 Å². The summed E-state index contributed by atoms with van der Waals surface area (Å²) in [7, 11) is 9.65. The van der Waals surface area contributed by atoms with Crippen LogP contribution in [0, 0.1) is 0 Å². The van der Waals surface area contributed by atoms with E-state index in [1.807, 2.05) is 74.6 Å². The number of allylic oxidation sites excluding steroid dienone is 4. The Morgan fingerprint density at radius 1 is 0.933 bits per heavy atom. The van der Waals surface area contributed by atoms with Crippen LogP contribution in [0.4, 0.5) is 0 Å². The Morgan fingerprint density at radius 2 is 1.53 bits per heavy atom. The van der Waals surface area contributed by atoms with E-state index in [9.17, 15) is 0 Å². The summed E-state index contributed by atoms with van der Waals surface area (Å²) in [5.74, 6) is 0. The van der Waals surface area contributed by atoms with Gasteiger partial charge in [0.05, 0.1) is 0 Å². The minimum atomic E-state index is 0.0347. The van der Waals surface area contributed by atoms with Crippen molar-refractivity contribution in [2.24, 2.45) is 0 Å². The summed E-state index contributed by atoms with van der Waals surface area (Å²) >= 11 is 0. The van der Waals surface area contributed by atoms with E-state index in [2.05, 4.69) is 0 Å². The molecular formula is C12H22N2O. The second-order valence-electron chi connectivity index (χ2n) is 3.66. The maximum atomic E-state index is 5.24. The Morgan fingerprint density at radius 3 is 2.00 bits per heavy atom. The lowest BCUT2D eigenvalue weighted by molar-refractivity contribution is 0.0342. The van der Waals surface area contributed by atoms with Crippen molar-refractivity contribution in [2.45, 2.75) is 6.23 Å². The number of hydrogen-bond donors (Lipinski definition) is 0. The smallest absolute Gasteiger partial charge is 0.129 e. The summed E-state index contributed by atoms with van der Waals surface area (Å²) < 4.78 is 5.24. The molecule has 0 saturated heterocycles. The third kappa shape index (κ3) is 7.97. The van der Waals surface area contributed by atoms with Gasteiger partial charge in [-0.15, -0.1) is 0 Å². The molecule has 0 bridgehead atoms. The molecule has 3 nitrogen and oxygen atoms in total. The van der Waals surface area contributed by atoms with E-state index in [4.69, 9.17) is 4.74 Å². The molecule has 0 aromatic carbocycles. The highest BCUT2D eigenvalue weighted by atomic mass is 16.5. The largest absolute Gasteiger partial charge is 0.383 e. The highest BCUT2D eigenvalue weighted by Crippen LogP contribution is 1.96. The zero-order chi connectivity index (χ0) is 11.7. The minimum absolute atomic E-state index is 0.0347. The molecule has 0 fully saturated rings.